The van der Waals surface area contributed by atoms with E-state index in [4.69, 9.17) is 0 Å². The van der Waals surface area contributed by atoms with Gasteiger partial charge in [0.05, 0.1) is 6.42 Å². The fourth-order valence-electron chi connectivity index (χ4n) is 2.46. The van der Waals surface area contributed by atoms with Crippen LogP contribution in [0.4, 0.5) is 0 Å². The molecule has 2 aromatic rings. The van der Waals surface area contributed by atoms with Crippen molar-refractivity contribution in [3.05, 3.63) is 59.4 Å². The molecular weight excluding hydrogens is 224 g/mol. The molecule has 1 amide bonds. The van der Waals surface area contributed by atoms with E-state index >= 15 is 0 Å². The number of rotatable bonds is 2. The maximum absolute atomic E-state index is 12.2. The normalized spacial score (nSPS) is 14.3. The second kappa shape index (κ2) is 4.69. The third-order valence-electron chi connectivity index (χ3n) is 3.50. The monoisotopic (exact) mass is 240 g/mol. The number of aromatic nitrogens is 1. The first kappa shape index (κ1) is 11.1. The van der Waals surface area contributed by atoms with Crippen molar-refractivity contribution in [3.8, 4) is 0 Å². The number of fused-ring (bicyclic) bond motifs is 1. The quantitative estimate of drug-likeness (QED) is 0.857. The van der Waals surface area contributed by atoms with E-state index in [1.165, 1.54) is 11.1 Å². The average Bonchev–Trinajstić information content (AvgIpc) is 2.91. The maximum atomic E-state index is 12.2. The minimum atomic E-state index is 0.212. The summed E-state index contributed by atoms with van der Waals surface area (Å²) in [7, 11) is 0. The number of nitrogens with one attached hydrogen (secondary N) is 1. The molecule has 18 heavy (non-hydrogen) atoms. The standard InChI is InChI=1S/C15H16N2O/c18-15(9-12-5-7-16-10-12)17-8-6-13-3-1-2-4-14(13)11-17/h1-5,7,10,16H,6,8-9,11H2. The van der Waals surface area contributed by atoms with Gasteiger partial charge in [0, 0.05) is 25.5 Å². The number of hydrogen-bond acceptors (Lipinski definition) is 1. The van der Waals surface area contributed by atoms with Crippen LogP contribution >= 0.6 is 0 Å². The third-order valence-corrected chi connectivity index (χ3v) is 3.50. The molecule has 3 nitrogen and oxygen atoms in total. The molecule has 0 bridgehead atoms. The largest absolute Gasteiger partial charge is 0.367 e. The van der Waals surface area contributed by atoms with Gasteiger partial charge in [-0.05, 0) is 29.2 Å². The first-order chi connectivity index (χ1) is 8.83. The number of carbonyl (C=O) groups is 1. The summed E-state index contributed by atoms with van der Waals surface area (Å²) >= 11 is 0. The first-order valence-electron chi connectivity index (χ1n) is 6.29. The minimum absolute atomic E-state index is 0.212. The topological polar surface area (TPSA) is 36.1 Å². The zero-order valence-electron chi connectivity index (χ0n) is 10.2. The van der Waals surface area contributed by atoms with E-state index in [0.29, 0.717) is 6.42 Å². The summed E-state index contributed by atoms with van der Waals surface area (Å²) in [6.07, 6.45) is 5.20. The van der Waals surface area contributed by atoms with Crippen molar-refractivity contribution in [2.75, 3.05) is 6.54 Å². The van der Waals surface area contributed by atoms with E-state index < -0.39 is 0 Å². The van der Waals surface area contributed by atoms with E-state index in [9.17, 15) is 4.79 Å². The first-order valence-corrected chi connectivity index (χ1v) is 6.29. The Morgan fingerprint density at radius 1 is 1.22 bits per heavy atom. The number of nitrogens with zero attached hydrogens (tertiary/aromatic N) is 1. The Hall–Kier alpha value is -2.03. The van der Waals surface area contributed by atoms with Gasteiger partial charge in [0.2, 0.25) is 5.91 Å². The molecule has 1 N–H and O–H groups in total. The van der Waals surface area contributed by atoms with Gasteiger partial charge < -0.3 is 9.88 Å². The molecule has 0 spiro atoms. The van der Waals surface area contributed by atoms with Crippen molar-refractivity contribution in [1.29, 1.82) is 0 Å². The molecule has 3 rings (SSSR count). The van der Waals surface area contributed by atoms with E-state index in [2.05, 4.69) is 23.2 Å². The third kappa shape index (κ3) is 2.16. The van der Waals surface area contributed by atoms with Gasteiger partial charge in [-0.1, -0.05) is 24.3 Å². The second-order valence-electron chi connectivity index (χ2n) is 4.73. The summed E-state index contributed by atoms with van der Waals surface area (Å²) in [6, 6.07) is 10.3. The summed E-state index contributed by atoms with van der Waals surface area (Å²) in [5.41, 5.74) is 3.72. The van der Waals surface area contributed by atoms with E-state index in [1.807, 2.05) is 29.4 Å². The summed E-state index contributed by atoms with van der Waals surface area (Å²) < 4.78 is 0. The molecule has 1 aliphatic heterocycles. The molecule has 0 radical (unpaired) electrons. The van der Waals surface area contributed by atoms with Crippen LogP contribution in [0.3, 0.4) is 0 Å². The van der Waals surface area contributed by atoms with Gasteiger partial charge in [-0.3, -0.25) is 4.79 Å². The lowest BCUT2D eigenvalue weighted by molar-refractivity contribution is -0.131. The molecule has 0 aliphatic carbocycles. The van der Waals surface area contributed by atoms with E-state index in [1.54, 1.807) is 0 Å². The molecular formula is C15H16N2O. The number of aromatic amines is 1. The molecule has 0 atom stereocenters. The van der Waals surface area contributed by atoms with E-state index in [-0.39, 0.29) is 5.91 Å². The van der Waals surface area contributed by atoms with Crippen LogP contribution in [0.5, 0.6) is 0 Å². The number of benzene rings is 1. The number of H-pyrrole nitrogens is 1. The lowest BCUT2D eigenvalue weighted by Crippen LogP contribution is -2.36. The Morgan fingerprint density at radius 3 is 2.83 bits per heavy atom. The molecule has 0 saturated carbocycles. The van der Waals surface area contributed by atoms with Crippen molar-refractivity contribution < 1.29 is 4.79 Å². The van der Waals surface area contributed by atoms with Gasteiger partial charge in [0.25, 0.3) is 0 Å². The Labute approximate surface area is 106 Å². The highest BCUT2D eigenvalue weighted by atomic mass is 16.2. The predicted molar refractivity (Wildman–Crippen MR) is 70.1 cm³/mol. The maximum Gasteiger partial charge on any atom is 0.227 e. The van der Waals surface area contributed by atoms with Crippen LogP contribution in [0.25, 0.3) is 0 Å². The number of hydrogen-bond donors (Lipinski definition) is 1. The molecule has 3 heteroatoms. The van der Waals surface area contributed by atoms with Crippen LogP contribution < -0.4 is 0 Å². The van der Waals surface area contributed by atoms with Gasteiger partial charge in [0.15, 0.2) is 0 Å². The minimum Gasteiger partial charge on any atom is -0.367 e. The molecule has 0 unspecified atom stereocenters. The van der Waals surface area contributed by atoms with Crippen molar-refractivity contribution in [1.82, 2.24) is 9.88 Å². The highest BCUT2D eigenvalue weighted by Gasteiger charge is 2.20. The Bertz CT molecular complexity index is 545. The zero-order chi connectivity index (χ0) is 12.4. The second-order valence-corrected chi connectivity index (χ2v) is 4.73. The highest BCUT2D eigenvalue weighted by molar-refractivity contribution is 5.79. The Balaban J connectivity index is 1.70. The van der Waals surface area contributed by atoms with Gasteiger partial charge in [-0.2, -0.15) is 0 Å². The predicted octanol–water partition coefficient (Wildman–Crippen LogP) is 2.14. The van der Waals surface area contributed by atoms with Crippen LogP contribution in [-0.4, -0.2) is 22.3 Å². The molecule has 0 saturated heterocycles. The number of amides is 1. The van der Waals surface area contributed by atoms with Crippen LogP contribution in [0.2, 0.25) is 0 Å². The molecule has 0 fully saturated rings. The highest BCUT2D eigenvalue weighted by Crippen LogP contribution is 2.19. The van der Waals surface area contributed by atoms with E-state index in [0.717, 1.165) is 25.1 Å². The summed E-state index contributed by atoms with van der Waals surface area (Å²) in [5, 5.41) is 0. The zero-order valence-corrected chi connectivity index (χ0v) is 10.2. The van der Waals surface area contributed by atoms with Crippen LogP contribution in [-0.2, 0) is 24.2 Å². The van der Waals surface area contributed by atoms with Crippen molar-refractivity contribution in [2.24, 2.45) is 0 Å². The molecule has 92 valence electrons. The van der Waals surface area contributed by atoms with Crippen LogP contribution in [0.1, 0.15) is 16.7 Å². The fourth-order valence-corrected chi connectivity index (χ4v) is 2.46. The smallest absolute Gasteiger partial charge is 0.227 e. The van der Waals surface area contributed by atoms with Crippen molar-refractivity contribution in [3.63, 3.8) is 0 Å². The Morgan fingerprint density at radius 2 is 2.06 bits per heavy atom. The van der Waals surface area contributed by atoms with Crippen LogP contribution in [0.15, 0.2) is 42.7 Å². The lowest BCUT2D eigenvalue weighted by Gasteiger charge is -2.28. The lowest BCUT2D eigenvalue weighted by atomic mass is 9.99. The van der Waals surface area contributed by atoms with Gasteiger partial charge >= 0.3 is 0 Å². The molecule has 2 heterocycles. The number of carbonyl (C=O) groups excluding carboxylic acids is 1. The van der Waals surface area contributed by atoms with Crippen LogP contribution in [0, 0.1) is 0 Å². The van der Waals surface area contributed by atoms with Gasteiger partial charge in [-0.15, -0.1) is 0 Å². The molecule has 1 aromatic heterocycles. The summed E-state index contributed by atoms with van der Waals surface area (Å²) in [4.78, 5) is 17.1. The summed E-state index contributed by atoms with van der Waals surface area (Å²) in [6.45, 7) is 1.58. The molecule has 1 aliphatic rings. The van der Waals surface area contributed by atoms with Gasteiger partial charge in [-0.25, -0.2) is 0 Å². The van der Waals surface area contributed by atoms with Gasteiger partial charge in [0.1, 0.15) is 0 Å². The fraction of sp³-hybridized carbons (Fsp3) is 0.267. The van der Waals surface area contributed by atoms with Crippen molar-refractivity contribution in [2.45, 2.75) is 19.4 Å². The average molecular weight is 240 g/mol. The Kier molecular flexibility index (Phi) is 2.89. The van der Waals surface area contributed by atoms with Crippen molar-refractivity contribution >= 4 is 5.91 Å². The SMILES string of the molecule is O=C(Cc1cc[nH]c1)N1CCc2ccccc2C1. The summed E-state index contributed by atoms with van der Waals surface area (Å²) in [5.74, 6) is 0.212. The molecule has 1 aromatic carbocycles.